The maximum absolute atomic E-state index is 13.9. The topological polar surface area (TPSA) is 8.17 Å². The molecular formula is C21H20F2N2. The molecule has 1 aromatic heterocycles. The van der Waals surface area contributed by atoms with E-state index in [1.54, 1.807) is 6.07 Å². The summed E-state index contributed by atoms with van der Waals surface area (Å²) >= 11 is 0. The fourth-order valence-corrected chi connectivity index (χ4v) is 3.69. The van der Waals surface area contributed by atoms with Gasteiger partial charge in [-0.1, -0.05) is 36.4 Å². The van der Waals surface area contributed by atoms with Gasteiger partial charge in [-0.25, -0.2) is 8.78 Å². The van der Waals surface area contributed by atoms with Crippen LogP contribution in [0.15, 0.2) is 66.9 Å². The highest BCUT2D eigenvalue weighted by atomic mass is 19.2. The number of rotatable bonds is 3. The summed E-state index contributed by atoms with van der Waals surface area (Å²) in [5, 5.41) is 0. The zero-order valence-corrected chi connectivity index (χ0v) is 13.9. The van der Waals surface area contributed by atoms with E-state index >= 15 is 0 Å². The van der Waals surface area contributed by atoms with E-state index in [0.29, 0.717) is 0 Å². The monoisotopic (exact) mass is 338 g/mol. The molecule has 4 heteroatoms. The van der Waals surface area contributed by atoms with Gasteiger partial charge in [0.1, 0.15) is 0 Å². The van der Waals surface area contributed by atoms with Gasteiger partial charge < -0.3 is 4.57 Å². The number of hydrogen-bond donors (Lipinski definition) is 0. The Kier molecular flexibility index (Phi) is 4.36. The van der Waals surface area contributed by atoms with Crippen LogP contribution in [0.3, 0.4) is 0 Å². The van der Waals surface area contributed by atoms with Gasteiger partial charge in [0.25, 0.3) is 0 Å². The zero-order chi connectivity index (χ0) is 17.2. The smallest absolute Gasteiger partial charge is 0.159 e. The van der Waals surface area contributed by atoms with Crippen LogP contribution in [0.2, 0.25) is 0 Å². The van der Waals surface area contributed by atoms with Gasteiger partial charge in [-0.05, 0) is 41.8 Å². The average molecular weight is 338 g/mol. The standard InChI is InChI=1S/C21H20F2N2/c22-18-10-9-17(14-19(18)23)21-20-8-4-11-24(20)12-5-13-25(21)15-16-6-2-1-3-7-16/h1-4,6-11,14,21H,5,12-13,15H2. The Labute approximate surface area is 146 Å². The molecule has 128 valence electrons. The van der Waals surface area contributed by atoms with E-state index in [1.807, 2.05) is 24.3 Å². The van der Waals surface area contributed by atoms with Crippen molar-refractivity contribution in [3.8, 4) is 0 Å². The number of halogens is 2. The lowest BCUT2D eigenvalue weighted by atomic mass is 10.0. The molecule has 2 nitrogen and oxygen atoms in total. The van der Waals surface area contributed by atoms with Crippen molar-refractivity contribution in [3.63, 3.8) is 0 Å². The summed E-state index contributed by atoms with van der Waals surface area (Å²) < 4.78 is 29.5. The van der Waals surface area contributed by atoms with Gasteiger partial charge in [-0.15, -0.1) is 0 Å². The van der Waals surface area contributed by atoms with E-state index in [4.69, 9.17) is 0 Å². The Morgan fingerprint density at radius 1 is 0.880 bits per heavy atom. The van der Waals surface area contributed by atoms with Gasteiger partial charge in [0.05, 0.1) is 6.04 Å². The van der Waals surface area contributed by atoms with E-state index < -0.39 is 11.6 Å². The third-order valence-electron chi connectivity index (χ3n) is 4.84. The van der Waals surface area contributed by atoms with E-state index in [0.717, 1.165) is 37.3 Å². The Bertz CT molecular complexity index is 857. The molecule has 0 spiro atoms. The van der Waals surface area contributed by atoms with Gasteiger partial charge in [0.15, 0.2) is 11.6 Å². The Balaban J connectivity index is 1.76. The Hall–Kier alpha value is -2.46. The predicted octanol–water partition coefficient (Wildman–Crippen LogP) is 4.76. The minimum absolute atomic E-state index is 0.0900. The third kappa shape index (κ3) is 3.22. The third-order valence-corrected chi connectivity index (χ3v) is 4.84. The van der Waals surface area contributed by atoms with Crippen LogP contribution in [-0.2, 0) is 13.1 Å². The second-order valence-electron chi connectivity index (χ2n) is 6.51. The molecule has 25 heavy (non-hydrogen) atoms. The van der Waals surface area contributed by atoms with Crippen molar-refractivity contribution < 1.29 is 8.78 Å². The molecule has 0 amide bonds. The van der Waals surface area contributed by atoms with Crippen molar-refractivity contribution in [1.82, 2.24) is 9.47 Å². The molecule has 2 aromatic carbocycles. The molecule has 3 aromatic rings. The van der Waals surface area contributed by atoms with Crippen LogP contribution in [0, 0.1) is 11.6 Å². The van der Waals surface area contributed by atoms with Crippen molar-refractivity contribution in [2.24, 2.45) is 0 Å². The summed E-state index contributed by atoms with van der Waals surface area (Å²) in [6.07, 6.45) is 3.09. The number of hydrogen-bond acceptors (Lipinski definition) is 1. The van der Waals surface area contributed by atoms with E-state index in [9.17, 15) is 8.78 Å². The molecule has 0 bridgehead atoms. The lowest BCUT2D eigenvalue weighted by Crippen LogP contribution is -2.29. The molecule has 2 heterocycles. The summed E-state index contributed by atoms with van der Waals surface area (Å²) in [6.45, 7) is 2.61. The number of benzene rings is 2. The van der Waals surface area contributed by atoms with Crippen molar-refractivity contribution in [3.05, 3.63) is 95.3 Å². The number of fused-ring (bicyclic) bond motifs is 1. The Morgan fingerprint density at radius 2 is 1.72 bits per heavy atom. The normalized spacial score (nSPS) is 17.9. The first kappa shape index (κ1) is 16.0. The van der Waals surface area contributed by atoms with Gasteiger partial charge in [0, 0.05) is 31.5 Å². The maximum atomic E-state index is 13.9. The van der Waals surface area contributed by atoms with Crippen LogP contribution in [0.5, 0.6) is 0 Å². The molecule has 1 unspecified atom stereocenters. The van der Waals surface area contributed by atoms with Crippen LogP contribution in [0.4, 0.5) is 8.78 Å². The minimum Gasteiger partial charge on any atom is -0.350 e. The molecule has 0 saturated carbocycles. The largest absolute Gasteiger partial charge is 0.350 e. The highest BCUT2D eigenvalue weighted by Gasteiger charge is 2.28. The van der Waals surface area contributed by atoms with E-state index in [-0.39, 0.29) is 6.04 Å². The SMILES string of the molecule is Fc1ccc(C2c3cccn3CCCN2Cc2ccccc2)cc1F. The molecule has 4 rings (SSSR count). The predicted molar refractivity (Wildman–Crippen MR) is 94.1 cm³/mol. The van der Waals surface area contributed by atoms with Gasteiger partial charge in [-0.2, -0.15) is 0 Å². The van der Waals surface area contributed by atoms with Gasteiger partial charge >= 0.3 is 0 Å². The van der Waals surface area contributed by atoms with Crippen LogP contribution < -0.4 is 0 Å². The number of nitrogens with zero attached hydrogens (tertiary/aromatic N) is 2. The van der Waals surface area contributed by atoms with Gasteiger partial charge in [0.2, 0.25) is 0 Å². The van der Waals surface area contributed by atoms with Crippen LogP contribution >= 0.6 is 0 Å². The zero-order valence-electron chi connectivity index (χ0n) is 13.9. The molecule has 0 aliphatic carbocycles. The summed E-state index contributed by atoms with van der Waals surface area (Å²) in [5.41, 5.74) is 3.13. The van der Waals surface area contributed by atoms with Crippen molar-refractivity contribution in [2.45, 2.75) is 25.6 Å². The first-order valence-electron chi connectivity index (χ1n) is 8.60. The second-order valence-corrected chi connectivity index (χ2v) is 6.51. The highest BCUT2D eigenvalue weighted by molar-refractivity contribution is 5.31. The minimum atomic E-state index is -0.803. The molecule has 0 N–H and O–H groups in total. The highest BCUT2D eigenvalue weighted by Crippen LogP contribution is 2.33. The summed E-state index contributed by atoms with van der Waals surface area (Å²) in [7, 11) is 0. The average Bonchev–Trinajstić information content (AvgIpc) is 3.00. The summed E-state index contributed by atoms with van der Waals surface area (Å²) in [4.78, 5) is 2.35. The van der Waals surface area contributed by atoms with Crippen molar-refractivity contribution in [1.29, 1.82) is 0 Å². The fraction of sp³-hybridized carbons (Fsp3) is 0.238. The maximum Gasteiger partial charge on any atom is 0.159 e. The molecule has 1 aliphatic rings. The van der Waals surface area contributed by atoms with Gasteiger partial charge in [-0.3, -0.25) is 4.90 Å². The van der Waals surface area contributed by atoms with E-state index in [1.165, 1.54) is 17.7 Å². The fourth-order valence-electron chi connectivity index (χ4n) is 3.69. The Morgan fingerprint density at radius 3 is 2.52 bits per heavy atom. The first-order valence-corrected chi connectivity index (χ1v) is 8.60. The molecule has 1 aliphatic heterocycles. The number of aryl methyl sites for hydroxylation is 1. The van der Waals surface area contributed by atoms with Crippen molar-refractivity contribution in [2.75, 3.05) is 6.54 Å². The van der Waals surface area contributed by atoms with Crippen LogP contribution in [-0.4, -0.2) is 16.0 Å². The summed E-state index contributed by atoms with van der Waals surface area (Å²) in [5.74, 6) is -1.60. The second kappa shape index (κ2) is 6.81. The van der Waals surface area contributed by atoms with Crippen molar-refractivity contribution >= 4 is 0 Å². The first-order chi connectivity index (χ1) is 12.2. The molecule has 1 atom stereocenters. The molecule has 0 saturated heterocycles. The number of aromatic nitrogens is 1. The van der Waals surface area contributed by atoms with Crippen LogP contribution in [0.25, 0.3) is 0 Å². The summed E-state index contributed by atoms with van der Waals surface area (Å²) in [6, 6.07) is 18.5. The van der Waals surface area contributed by atoms with Crippen LogP contribution in [0.1, 0.15) is 29.3 Å². The lowest BCUT2D eigenvalue weighted by molar-refractivity contribution is 0.220. The molecule has 0 fully saturated rings. The quantitative estimate of drug-likeness (QED) is 0.668. The molecule has 0 radical (unpaired) electrons. The molecular weight excluding hydrogens is 318 g/mol. The lowest BCUT2D eigenvalue weighted by Gasteiger charge is -2.30. The van der Waals surface area contributed by atoms with E-state index in [2.05, 4.69) is 33.9 Å².